The van der Waals surface area contributed by atoms with Gasteiger partial charge in [-0.3, -0.25) is 14.4 Å². The van der Waals surface area contributed by atoms with E-state index >= 15 is 0 Å². The van der Waals surface area contributed by atoms with Crippen molar-refractivity contribution >= 4 is 30.3 Å². The number of carbonyl (C=O) groups excluding carboxylic acids is 3. The van der Waals surface area contributed by atoms with Gasteiger partial charge in [-0.1, -0.05) is 67.1 Å². The van der Waals surface area contributed by atoms with Gasteiger partial charge < -0.3 is 26.3 Å². The summed E-state index contributed by atoms with van der Waals surface area (Å²) in [6.07, 6.45) is 2.11. The Bertz CT molecular complexity index is 812. The van der Waals surface area contributed by atoms with Crippen LogP contribution in [-0.4, -0.2) is 37.0 Å². The molecule has 0 fully saturated rings. The molecule has 0 aromatic heterocycles. The summed E-state index contributed by atoms with van der Waals surface area (Å²) in [7, 11) is 0. The van der Waals surface area contributed by atoms with Crippen molar-refractivity contribution in [3.05, 3.63) is 71.8 Å². The standard InChI is InChI=1S/C25H33N3O5.ClH/c26-15-8-7-13-22(27)23(29)28-16-14-21(24(30)32-17-19-9-3-1-4-10-19)25(31)33-18-20-11-5-2-6-12-20;/h1-6,9-12,21-22H,7-8,13-18,26-27H2,(H,28,29);1H/t22-;/m0./s1. The lowest BCUT2D eigenvalue weighted by molar-refractivity contribution is -0.164. The number of halogens is 1. The molecule has 2 aromatic rings. The van der Waals surface area contributed by atoms with Crippen LogP contribution in [0.25, 0.3) is 0 Å². The molecule has 0 saturated heterocycles. The number of hydrogen-bond donors (Lipinski definition) is 3. The van der Waals surface area contributed by atoms with Crippen LogP contribution in [-0.2, 0) is 37.1 Å². The average Bonchev–Trinajstić information content (AvgIpc) is 2.85. The zero-order valence-electron chi connectivity index (χ0n) is 19.2. The number of nitrogens with one attached hydrogen (secondary N) is 1. The van der Waals surface area contributed by atoms with Crippen LogP contribution in [0.5, 0.6) is 0 Å². The number of nitrogens with two attached hydrogens (primary N) is 2. The Hall–Kier alpha value is -2.94. The maximum absolute atomic E-state index is 12.7. The SMILES string of the molecule is Cl.NCCCC[C@H](N)C(=O)NCCC(C(=O)OCc1ccccc1)C(=O)OCc1ccccc1. The van der Waals surface area contributed by atoms with Crippen molar-refractivity contribution in [2.75, 3.05) is 13.1 Å². The van der Waals surface area contributed by atoms with Gasteiger partial charge in [-0.05, 0) is 36.9 Å². The van der Waals surface area contributed by atoms with Gasteiger partial charge in [-0.25, -0.2) is 0 Å². The summed E-state index contributed by atoms with van der Waals surface area (Å²) in [6, 6.07) is 17.7. The number of benzene rings is 2. The van der Waals surface area contributed by atoms with Crippen molar-refractivity contribution in [3.63, 3.8) is 0 Å². The Morgan fingerprint density at radius 2 is 1.29 bits per heavy atom. The van der Waals surface area contributed by atoms with Crippen molar-refractivity contribution in [2.45, 2.75) is 44.9 Å². The van der Waals surface area contributed by atoms with Crippen molar-refractivity contribution in [2.24, 2.45) is 17.4 Å². The highest BCUT2D eigenvalue weighted by molar-refractivity contribution is 5.95. The largest absolute Gasteiger partial charge is 0.460 e. The topological polar surface area (TPSA) is 134 Å². The van der Waals surface area contributed by atoms with E-state index in [9.17, 15) is 14.4 Å². The molecule has 186 valence electrons. The number of carbonyl (C=O) groups is 3. The minimum absolute atomic E-state index is 0. The third-order valence-electron chi connectivity index (χ3n) is 5.06. The molecule has 0 aliphatic heterocycles. The number of rotatable bonds is 14. The first-order valence-electron chi connectivity index (χ1n) is 11.2. The molecule has 2 aromatic carbocycles. The Kier molecular flexibility index (Phi) is 14.2. The molecule has 9 heteroatoms. The second-order valence-corrected chi connectivity index (χ2v) is 7.71. The van der Waals surface area contributed by atoms with Gasteiger partial charge >= 0.3 is 11.9 Å². The van der Waals surface area contributed by atoms with Crippen molar-refractivity contribution in [1.82, 2.24) is 5.32 Å². The minimum atomic E-state index is -1.16. The van der Waals surface area contributed by atoms with E-state index in [1.54, 1.807) is 0 Å². The molecule has 34 heavy (non-hydrogen) atoms. The predicted molar refractivity (Wildman–Crippen MR) is 132 cm³/mol. The third-order valence-corrected chi connectivity index (χ3v) is 5.06. The number of hydrogen-bond acceptors (Lipinski definition) is 7. The maximum atomic E-state index is 12.7. The molecule has 5 N–H and O–H groups in total. The highest BCUT2D eigenvalue weighted by atomic mass is 35.5. The molecular weight excluding hydrogens is 458 g/mol. The van der Waals surface area contributed by atoms with Gasteiger partial charge in [0, 0.05) is 6.54 Å². The summed E-state index contributed by atoms with van der Waals surface area (Å²) < 4.78 is 10.7. The van der Waals surface area contributed by atoms with Gasteiger partial charge in [-0.15, -0.1) is 12.4 Å². The van der Waals surface area contributed by atoms with Crippen LogP contribution in [0.1, 0.15) is 36.8 Å². The highest BCUT2D eigenvalue weighted by Crippen LogP contribution is 2.13. The van der Waals surface area contributed by atoms with Gasteiger partial charge in [0.05, 0.1) is 6.04 Å². The van der Waals surface area contributed by atoms with E-state index in [-0.39, 0.29) is 44.5 Å². The summed E-state index contributed by atoms with van der Waals surface area (Å²) >= 11 is 0. The Balaban J connectivity index is 0.00000578. The fraction of sp³-hybridized carbons (Fsp3) is 0.400. The summed E-state index contributed by atoms with van der Waals surface area (Å²) in [5, 5.41) is 2.69. The zero-order valence-corrected chi connectivity index (χ0v) is 20.0. The van der Waals surface area contributed by atoms with E-state index in [1.807, 2.05) is 60.7 Å². The van der Waals surface area contributed by atoms with E-state index in [0.717, 1.165) is 24.0 Å². The minimum Gasteiger partial charge on any atom is -0.460 e. The number of unbranched alkanes of at least 4 members (excludes halogenated alkanes) is 1. The van der Waals surface area contributed by atoms with E-state index in [4.69, 9.17) is 20.9 Å². The molecule has 0 spiro atoms. The second kappa shape index (κ2) is 16.6. The van der Waals surface area contributed by atoms with Crippen LogP contribution in [0.4, 0.5) is 0 Å². The highest BCUT2D eigenvalue weighted by Gasteiger charge is 2.30. The fourth-order valence-electron chi connectivity index (χ4n) is 3.10. The van der Waals surface area contributed by atoms with Crippen molar-refractivity contribution in [3.8, 4) is 0 Å². The first-order valence-corrected chi connectivity index (χ1v) is 11.2. The first kappa shape index (κ1) is 29.1. The molecule has 1 amide bonds. The van der Waals surface area contributed by atoms with Gasteiger partial charge in [0.2, 0.25) is 5.91 Å². The zero-order chi connectivity index (χ0) is 23.9. The lowest BCUT2D eigenvalue weighted by Gasteiger charge is -2.17. The molecule has 2 rings (SSSR count). The molecule has 0 unspecified atom stereocenters. The van der Waals surface area contributed by atoms with Gasteiger partial charge in [0.15, 0.2) is 5.92 Å². The monoisotopic (exact) mass is 491 g/mol. The molecule has 0 radical (unpaired) electrons. The number of amides is 1. The molecule has 1 atom stereocenters. The van der Waals surface area contributed by atoms with Gasteiger partial charge in [0.25, 0.3) is 0 Å². The molecule has 0 aliphatic rings. The average molecular weight is 492 g/mol. The molecule has 0 bridgehead atoms. The summed E-state index contributed by atoms with van der Waals surface area (Å²) in [5.41, 5.74) is 12.9. The second-order valence-electron chi connectivity index (χ2n) is 7.71. The van der Waals surface area contributed by atoms with Gasteiger partial charge in [0.1, 0.15) is 13.2 Å². The van der Waals surface area contributed by atoms with Crippen molar-refractivity contribution in [1.29, 1.82) is 0 Å². The Morgan fingerprint density at radius 1 is 0.794 bits per heavy atom. The van der Waals surface area contributed by atoms with E-state index in [2.05, 4.69) is 5.32 Å². The normalized spacial score (nSPS) is 11.3. The van der Waals surface area contributed by atoms with Crippen LogP contribution in [0, 0.1) is 5.92 Å². The Labute approximate surface area is 206 Å². The molecule has 0 heterocycles. The van der Waals surface area contributed by atoms with Crippen molar-refractivity contribution < 1.29 is 23.9 Å². The number of esters is 2. The van der Waals surface area contributed by atoms with E-state index in [1.165, 1.54) is 0 Å². The van der Waals surface area contributed by atoms with Crippen LogP contribution in [0.15, 0.2) is 60.7 Å². The smallest absolute Gasteiger partial charge is 0.320 e. The van der Waals surface area contributed by atoms with E-state index in [0.29, 0.717) is 13.0 Å². The maximum Gasteiger partial charge on any atom is 0.320 e. The third kappa shape index (κ3) is 10.8. The first-order chi connectivity index (χ1) is 16.0. The number of ether oxygens (including phenoxy) is 2. The van der Waals surface area contributed by atoms with Crippen LogP contribution >= 0.6 is 12.4 Å². The summed E-state index contributed by atoms with van der Waals surface area (Å²) in [4.78, 5) is 37.5. The Morgan fingerprint density at radius 3 is 1.76 bits per heavy atom. The molecular formula is C25H34ClN3O5. The summed E-state index contributed by atoms with van der Waals surface area (Å²) in [5.74, 6) is -2.89. The fourth-order valence-corrected chi connectivity index (χ4v) is 3.10. The lowest BCUT2D eigenvalue weighted by Crippen LogP contribution is -2.42. The molecule has 8 nitrogen and oxygen atoms in total. The van der Waals surface area contributed by atoms with E-state index < -0.39 is 23.9 Å². The molecule has 0 saturated carbocycles. The summed E-state index contributed by atoms with van der Waals surface area (Å²) in [6.45, 7) is 0.724. The van der Waals surface area contributed by atoms with Crippen LogP contribution in [0.3, 0.4) is 0 Å². The van der Waals surface area contributed by atoms with Crippen LogP contribution < -0.4 is 16.8 Å². The predicted octanol–water partition coefficient (Wildman–Crippen LogP) is 2.47. The van der Waals surface area contributed by atoms with Crippen LogP contribution in [0.2, 0.25) is 0 Å². The quantitative estimate of drug-likeness (QED) is 0.210. The van der Waals surface area contributed by atoms with Gasteiger partial charge in [-0.2, -0.15) is 0 Å². The molecule has 0 aliphatic carbocycles. The lowest BCUT2D eigenvalue weighted by atomic mass is 10.1.